The normalized spacial score (nSPS) is 21.4. The molecule has 8 heteroatoms. The highest BCUT2D eigenvalue weighted by Gasteiger charge is 2.60. The second kappa shape index (κ2) is 6.45. The lowest BCUT2D eigenvalue weighted by molar-refractivity contribution is -0.129. The molecule has 0 saturated carbocycles. The average molecular weight is 384 g/mol. The number of benzene rings is 1. The molecule has 1 atom stereocenters. The molecule has 1 N–H and O–H groups in total. The first-order valence-electron chi connectivity index (χ1n) is 8.90. The van der Waals surface area contributed by atoms with E-state index in [-0.39, 0.29) is 30.6 Å². The van der Waals surface area contributed by atoms with E-state index in [1.165, 1.54) is 16.2 Å². The molecule has 4 rings (SSSR count). The summed E-state index contributed by atoms with van der Waals surface area (Å²) in [6, 6.07) is 6.99. The van der Waals surface area contributed by atoms with Crippen molar-refractivity contribution in [1.29, 1.82) is 0 Å². The molecule has 0 unspecified atom stereocenters. The summed E-state index contributed by atoms with van der Waals surface area (Å²) in [5, 5.41) is 5.02. The Morgan fingerprint density at radius 3 is 2.81 bits per heavy atom. The van der Waals surface area contributed by atoms with Gasteiger partial charge >= 0.3 is 0 Å². The predicted octanol–water partition coefficient (Wildman–Crippen LogP) is 2.72. The van der Waals surface area contributed by atoms with E-state index in [1.807, 2.05) is 13.8 Å². The molecule has 1 fully saturated rings. The van der Waals surface area contributed by atoms with Crippen LogP contribution in [0.15, 0.2) is 35.8 Å². The first-order valence-corrected chi connectivity index (χ1v) is 9.78. The number of anilines is 2. The van der Waals surface area contributed by atoms with Crippen LogP contribution in [0.4, 0.5) is 10.8 Å². The van der Waals surface area contributed by atoms with Gasteiger partial charge in [-0.25, -0.2) is 4.98 Å². The minimum absolute atomic E-state index is 0.140. The number of hydrogen-bond donors (Lipinski definition) is 1. The smallest absolute Gasteiger partial charge is 0.273 e. The van der Waals surface area contributed by atoms with Crippen LogP contribution in [0.1, 0.15) is 37.0 Å². The molecule has 3 amide bonds. The van der Waals surface area contributed by atoms with E-state index >= 15 is 0 Å². The monoisotopic (exact) mass is 384 g/mol. The lowest BCUT2D eigenvalue weighted by Gasteiger charge is -2.49. The van der Waals surface area contributed by atoms with E-state index in [9.17, 15) is 14.4 Å². The maximum absolute atomic E-state index is 13.4. The van der Waals surface area contributed by atoms with Crippen LogP contribution in [0.25, 0.3) is 0 Å². The van der Waals surface area contributed by atoms with Crippen LogP contribution in [0.5, 0.6) is 0 Å². The fourth-order valence-corrected chi connectivity index (χ4v) is 4.41. The van der Waals surface area contributed by atoms with Crippen molar-refractivity contribution < 1.29 is 14.4 Å². The van der Waals surface area contributed by atoms with Gasteiger partial charge in [0.2, 0.25) is 11.6 Å². The third kappa shape index (κ3) is 2.63. The average Bonchev–Trinajstić information content (AvgIpc) is 3.27. The van der Waals surface area contributed by atoms with Crippen LogP contribution in [0, 0.1) is 5.92 Å². The topological polar surface area (TPSA) is 82.6 Å². The number of fused-ring (bicyclic) bond motifs is 3. The molecule has 0 spiro atoms. The predicted molar refractivity (Wildman–Crippen MR) is 103 cm³/mol. The number of aromatic nitrogens is 1. The van der Waals surface area contributed by atoms with Gasteiger partial charge in [-0.3, -0.25) is 24.6 Å². The van der Waals surface area contributed by atoms with Crippen molar-refractivity contribution >= 4 is 39.9 Å². The Morgan fingerprint density at radius 2 is 2.11 bits per heavy atom. The number of amides is 3. The van der Waals surface area contributed by atoms with Gasteiger partial charge in [-0.1, -0.05) is 26.0 Å². The molecule has 3 heterocycles. The minimum Gasteiger partial charge on any atom is -0.307 e. The number of thiazole rings is 1. The summed E-state index contributed by atoms with van der Waals surface area (Å²) in [5.41, 5.74) is -0.413. The molecule has 1 aromatic heterocycles. The maximum Gasteiger partial charge on any atom is 0.273 e. The number of carbonyl (C=O) groups excluding carboxylic acids is 3. The highest BCUT2D eigenvalue weighted by atomic mass is 32.1. The van der Waals surface area contributed by atoms with E-state index in [0.29, 0.717) is 22.9 Å². The van der Waals surface area contributed by atoms with Crippen molar-refractivity contribution in [2.45, 2.75) is 32.4 Å². The number of para-hydroxylation sites is 1. The molecule has 1 saturated heterocycles. The molecule has 2 aromatic rings. The zero-order valence-electron chi connectivity index (χ0n) is 15.1. The van der Waals surface area contributed by atoms with Crippen LogP contribution < -0.4 is 10.2 Å². The molecule has 2 aliphatic rings. The zero-order valence-corrected chi connectivity index (χ0v) is 16.0. The Labute approximate surface area is 161 Å². The van der Waals surface area contributed by atoms with Gasteiger partial charge in [0, 0.05) is 31.0 Å². The SMILES string of the molecule is CC(C)CN1C(=O)c2ccccc2N2C(=O)CC[C@@]12C(=O)Nc1nccs1. The van der Waals surface area contributed by atoms with Gasteiger partial charge in [-0.15, -0.1) is 11.3 Å². The van der Waals surface area contributed by atoms with Gasteiger partial charge in [0.25, 0.3) is 11.8 Å². The molecule has 0 radical (unpaired) electrons. The fourth-order valence-electron chi connectivity index (χ4n) is 3.88. The Kier molecular flexibility index (Phi) is 4.22. The number of hydrogen-bond acceptors (Lipinski definition) is 5. The van der Waals surface area contributed by atoms with Crippen LogP contribution in [-0.4, -0.2) is 39.8 Å². The Hall–Kier alpha value is -2.74. The fraction of sp³-hybridized carbons (Fsp3) is 0.368. The largest absolute Gasteiger partial charge is 0.307 e. The van der Waals surface area contributed by atoms with Crippen LogP contribution >= 0.6 is 11.3 Å². The van der Waals surface area contributed by atoms with Crippen molar-refractivity contribution in [2.75, 3.05) is 16.8 Å². The highest BCUT2D eigenvalue weighted by Crippen LogP contribution is 2.45. The lowest BCUT2D eigenvalue weighted by atomic mass is 9.94. The highest BCUT2D eigenvalue weighted by molar-refractivity contribution is 7.13. The van der Waals surface area contributed by atoms with Crippen LogP contribution in [0.3, 0.4) is 0 Å². The molecule has 140 valence electrons. The van der Waals surface area contributed by atoms with Crippen LogP contribution in [-0.2, 0) is 9.59 Å². The van der Waals surface area contributed by atoms with Gasteiger partial charge in [-0.2, -0.15) is 0 Å². The van der Waals surface area contributed by atoms with Gasteiger partial charge in [0.15, 0.2) is 5.13 Å². The standard InChI is InChI=1S/C19H20N4O3S/c1-12(2)11-22-16(25)13-5-3-4-6-14(13)23-15(24)7-8-19(22,23)17(26)21-18-20-9-10-27-18/h3-6,9-10,12H,7-8,11H2,1-2H3,(H,20,21,26)/t19-/m1/s1. The molecule has 2 aliphatic heterocycles. The number of rotatable bonds is 4. The summed E-state index contributed by atoms with van der Waals surface area (Å²) in [6.07, 6.45) is 2.07. The second-order valence-electron chi connectivity index (χ2n) is 7.16. The summed E-state index contributed by atoms with van der Waals surface area (Å²) in [5.74, 6) is -0.634. The molecule has 27 heavy (non-hydrogen) atoms. The Bertz CT molecular complexity index is 911. The molecule has 7 nitrogen and oxygen atoms in total. The lowest BCUT2D eigenvalue weighted by Crippen LogP contribution is -2.69. The third-order valence-electron chi connectivity index (χ3n) is 4.94. The number of nitrogens with zero attached hydrogens (tertiary/aromatic N) is 3. The van der Waals surface area contributed by atoms with E-state index in [2.05, 4.69) is 10.3 Å². The molecule has 0 aliphatic carbocycles. The Balaban J connectivity index is 1.87. The molecule has 0 bridgehead atoms. The molecular formula is C19H20N4O3S. The first kappa shape index (κ1) is 17.7. The van der Waals surface area contributed by atoms with E-state index < -0.39 is 11.6 Å². The summed E-state index contributed by atoms with van der Waals surface area (Å²) in [6.45, 7) is 4.35. The van der Waals surface area contributed by atoms with E-state index in [0.717, 1.165) is 0 Å². The van der Waals surface area contributed by atoms with Crippen molar-refractivity contribution in [3.63, 3.8) is 0 Å². The van der Waals surface area contributed by atoms with Gasteiger partial charge < -0.3 is 4.90 Å². The summed E-state index contributed by atoms with van der Waals surface area (Å²) < 4.78 is 0. The van der Waals surface area contributed by atoms with Gasteiger partial charge in [-0.05, 0) is 18.1 Å². The van der Waals surface area contributed by atoms with Crippen molar-refractivity contribution in [2.24, 2.45) is 5.92 Å². The quantitative estimate of drug-likeness (QED) is 0.879. The zero-order chi connectivity index (χ0) is 19.2. The summed E-state index contributed by atoms with van der Waals surface area (Å²) in [7, 11) is 0. The second-order valence-corrected chi connectivity index (χ2v) is 8.06. The van der Waals surface area contributed by atoms with E-state index in [4.69, 9.17) is 0 Å². The first-order chi connectivity index (χ1) is 12.9. The number of carbonyl (C=O) groups is 3. The third-order valence-corrected chi connectivity index (χ3v) is 5.63. The summed E-state index contributed by atoms with van der Waals surface area (Å²) in [4.78, 5) is 46.7. The summed E-state index contributed by atoms with van der Waals surface area (Å²) >= 11 is 1.30. The van der Waals surface area contributed by atoms with E-state index in [1.54, 1.807) is 40.7 Å². The minimum atomic E-state index is -1.36. The molecule has 1 aromatic carbocycles. The van der Waals surface area contributed by atoms with Crippen molar-refractivity contribution in [3.8, 4) is 0 Å². The Morgan fingerprint density at radius 1 is 1.33 bits per heavy atom. The van der Waals surface area contributed by atoms with Gasteiger partial charge in [0.1, 0.15) is 0 Å². The van der Waals surface area contributed by atoms with Crippen molar-refractivity contribution in [1.82, 2.24) is 9.88 Å². The van der Waals surface area contributed by atoms with Crippen molar-refractivity contribution in [3.05, 3.63) is 41.4 Å². The molecular weight excluding hydrogens is 364 g/mol. The number of nitrogens with one attached hydrogen (secondary N) is 1. The van der Waals surface area contributed by atoms with Crippen LogP contribution in [0.2, 0.25) is 0 Å². The van der Waals surface area contributed by atoms with Gasteiger partial charge in [0.05, 0.1) is 11.3 Å². The maximum atomic E-state index is 13.4.